The van der Waals surface area contributed by atoms with Crippen molar-refractivity contribution in [3.8, 4) is 0 Å². The fourth-order valence-electron chi connectivity index (χ4n) is 2.02. The van der Waals surface area contributed by atoms with Crippen LogP contribution in [0, 0.1) is 0 Å². The van der Waals surface area contributed by atoms with E-state index in [2.05, 4.69) is 22.2 Å². The Labute approximate surface area is 135 Å². The zero-order valence-corrected chi connectivity index (χ0v) is 12.8. The van der Waals surface area contributed by atoms with E-state index >= 15 is 0 Å². The molecule has 23 heavy (non-hydrogen) atoms. The molecule has 1 aromatic carbocycles. The predicted molar refractivity (Wildman–Crippen MR) is 89.2 cm³/mol. The van der Waals surface area contributed by atoms with E-state index in [1.165, 1.54) is 18.5 Å². The van der Waals surface area contributed by atoms with E-state index in [1.807, 2.05) is 30.3 Å². The van der Waals surface area contributed by atoms with Crippen LogP contribution in [0.5, 0.6) is 0 Å². The molecule has 0 atom stereocenters. The Morgan fingerprint density at radius 2 is 1.70 bits per heavy atom. The number of rotatable bonds is 7. The number of nitrogens with one attached hydrogen (secondary N) is 2. The molecule has 5 heteroatoms. The number of hydrogen-bond acceptors (Lipinski definition) is 3. The molecule has 0 unspecified atom stereocenters. The standard InChI is InChI=1S/C18H19N3O2/c1-2-9-20-17(22)15-11-16(13-19-12-15)18(23)21-10-8-14-6-4-3-5-7-14/h2-7,11-13H,1,8-10H2,(H,20,22)(H,21,23). The van der Waals surface area contributed by atoms with Crippen molar-refractivity contribution in [1.29, 1.82) is 0 Å². The van der Waals surface area contributed by atoms with E-state index in [0.717, 1.165) is 12.0 Å². The fourth-order valence-corrected chi connectivity index (χ4v) is 2.02. The second-order valence-electron chi connectivity index (χ2n) is 4.95. The largest absolute Gasteiger partial charge is 0.352 e. The second kappa shape index (κ2) is 8.48. The summed E-state index contributed by atoms with van der Waals surface area (Å²) in [5.74, 6) is -0.525. The Bertz CT molecular complexity index is 684. The van der Waals surface area contributed by atoms with E-state index in [1.54, 1.807) is 6.08 Å². The van der Waals surface area contributed by atoms with Gasteiger partial charge < -0.3 is 10.6 Å². The molecule has 0 aliphatic carbocycles. The van der Waals surface area contributed by atoms with Crippen molar-refractivity contribution in [2.24, 2.45) is 0 Å². The molecule has 2 amide bonds. The van der Waals surface area contributed by atoms with E-state index in [-0.39, 0.29) is 11.8 Å². The highest BCUT2D eigenvalue weighted by molar-refractivity contribution is 5.99. The van der Waals surface area contributed by atoms with Gasteiger partial charge in [-0.15, -0.1) is 6.58 Å². The number of carbonyl (C=O) groups excluding carboxylic acids is 2. The summed E-state index contributed by atoms with van der Waals surface area (Å²) in [6.45, 7) is 4.43. The van der Waals surface area contributed by atoms with E-state index < -0.39 is 0 Å². The van der Waals surface area contributed by atoms with Crippen LogP contribution >= 0.6 is 0 Å². The number of amides is 2. The minimum absolute atomic E-state index is 0.244. The first-order valence-corrected chi connectivity index (χ1v) is 7.37. The van der Waals surface area contributed by atoms with Crippen molar-refractivity contribution >= 4 is 11.8 Å². The average molecular weight is 309 g/mol. The van der Waals surface area contributed by atoms with Crippen LogP contribution in [0.25, 0.3) is 0 Å². The van der Waals surface area contributed by atoms with Gasteiger partial charge in [0.05, 0.1) is 11.1 Å². The maximum Gasteiger partial charge on any atom is 0.253 e. The van der Waals surface area contributed by atoms with Crippen molar-refractivity contribution in [1.82, 2.24) is 15.6 Å². The molecule has 1 aromatic heterocycles. The van der Waals surface area contributed by atoms with Gasteiger partial charge in [0.25, 0.3) is 11.8 Å². The molecule has 0 spiro atoms. The Morgan fingerprint density at radius 1 is 1.04 bits per heavy atom. The zero-order valence-electron chi connectivity index (χ0n) is 12.8. The topological polar surface area (TPSA) is 71.1 Å². The summed E-state index contributed by atoms with van der Waals surface area (Å²) in [5, 5.41) is 5.48. The van der Waals surface area contributed by atoms with Crippen LogP contribution in [0.15, 0.2) is 61.4 Å². The van der Waals surface area contributed by atoms with Crippen LogP contribution in [-0.2, 0) is 6.42 Å². The van der Waals surface area contributed by atoms with Crippen LogP contribution in [0.1, 0.15) is 26.3 Å². The third-order valence-electron chi connectivity index (χ3n) is 3.21. The fraction of sp³-hybridized carbons (Fsp3) is 0.167. The highest BCUT2D eigenvalue weighted by Crippen LogP contribution is 2.04. The molecule has 2 aromatic rings. The first-order chi connectivity index (χ1) is 11.2. The highest BCUT2D eigenvalue weighted by atomic mass is 16.2. The van der Waals surface area contributed by atoms with Crippen LogP contribution in [-0.4, -0.2) is 29.9 Å². The summed E-state index contributed by atoms with van der Waals surface area (Å²) < 4.78 is 0. The normalized spacial score (nSPS) is 9.91. The van der Waals surface area contributed by atoms with Gasteiger partial charge in [-0.25, -0.2) is 0 Å². The average Bonchev–Trinajstić information content (AvgIpc) is 2.60. The summed E-state index contributed by atoms with van der Waals surface area (Å²) in [4.78, 5) is 27.9. The van der Waals surface area contributed by atoms with Crippen molar-refractivity contribution in [3.05, 3.63) is 78.1 Å². The molecule has 0 aliphatic heterocycles. The summed E-state index contributed by atoms with van der Waals surface area (Å²) in [6.07, 6.45) is 5.21. The lowest BCUT2D eigenvalue weighted by Gasteiger charge is -2.07. The molecular formula is C18H19N3O2. The molecule has 0 radical (unpaired) electrons. The van der Waals surface area contributed by atoms with Gasteiger partial charge in [0.15, 0.2) is 0 Å². The maximum absolute atomic E-state index is 12.1. The van der Waals surface area contributed by atoms with Gasteiger partial charge in [0, 0.05) is 25.5 Å². The molecular weight excluding hydrogens is 290 g/mol. The Kier molecular flexibility index (Phi) is 6.06. The highest BCUT2D eigenvalue weighted by Gasteiger charge is 2.10. The first-order valence-electron chi connectivity index (χ1n) is 7.37. The lowest BCUT2D eigenvalue weighted by molar-refractivity contribution is 0.0953. The molecule has 5 nitrogen and oxygen atoms in total. The van der Waals surface area contributed by atoms with Gasteiger partial charge >= 0.3 is 0 Å². The lowest BCUT2D eigenvalue weighted by atomic mass is 10.1. The second-order valence-corrected chi connectivity index (χ2v) is 4.95. The van der Waals surface area contributed by atoms with Crippen LogP contribution in [0.4, 0.5) is 0 Å². The van der Waals surface area contributed by atoms with Crippen LogP contribution < -0.4 is 10.6 Å². The van der Waals surface area contributed by atoms with Gasteiger partial charge in [-0.3, -0.25) is 14.6 Å². The lowest BCUT2D eigenvalue weighted by Crippen LogP contribution is -2.27. The summed E-state index contributed by atoms with van der Waals surface area (Å²) in [5.41, 5.74) is 1.87. The zero-order chi connectivity index (χ0) is 16.5. The van der Waals surface area contributed by atoms with E-state index in [0.29, 0.717) is 24.2 Å². The molecule has 1 heterocycles. The molecule has 0 saturated heterocycles. The number of hydrogen-bond donors (Lipinski definition) is 2. The summed E-state index contributed by atoms with van der Waals surface area (Å²) in [7, 11) is 0. The van der Waals surface area contributed by atoms with E-state index in [4.69, 9.17) is 0 Å². The molecule has 0 aliphatic rings. The third-order valence-corrected chi connectivity index (χ3v) is 3.21. The first kappa shape index (κ1) is 16.4. The quantitative estimate of drug-likeness (QED) is 0.768. The smallest absolute Gasteiger partial charge is 0.253 e. The third kappa shape index (κ3) is 5.07. The van der Waals surface area contributed by atoms with E-state index in [9.17, 15) is 9.59 Å². The maximum atomic E-state index is 12.1. The summed E-state index contributed by atoms with van der Waals surface area (Å²) >= 11 is 0. The predicted octanol–water partition coefficient (Wildman–Crippen LogP) is 1.97. The number of aromatic nitrogens is 1. The molecule has 0 bridgehead atoms. The van der Waals surface area contributed by atoms with Crippen molar-refractivity contribution < 1.29 is 9.59 Å². The van der Waals surface area contributed by atoms with Gasteiger partial charge in [-0.05, 0) is 18.1 Å². The molecule has 118 valence electrons. The molecule has 2 rings (SSSR count). The van der Waals surface area contributed by atoms with Gasteiger partial charge in [0.1, 0.15) is 0 Å². The Morgan fingerprint density at radius 3 is 2.35 bits per heavy atom. The molecule has 0 saturated carbocycles. The van der Waals surface area contributed by atoms with Crippen molar-refractivity contribution in [2.75, 3.05) is 13.1 Å². The minimum Gasteiger partial charge on any atom is -0.352 e. The summed E-state index contributed by atoms with van der Waals surface area (Å²) in [6, 6.07) is 11.4. The number of nitrogens with zero attached hydrogens (tertiary/aromatic N) is 1. The van der Waals surface area contributed by atoms with Crippen molar-refractivity contribution in [3.63, 3.8) is 0 Å². The monoisotopic (exact) mass is 309 g/mol. The Balaban J connectivity index is 1.91. The van der Waals surface area contributed by atoms with Crippen LogP contribution in [0.2, 0.25) is 0 Å². The molecule has 0 fully saturated rings. The number of pyridine rings is 1. The SMILES string of the molecule is C=CCNC(=O)c1cncc(C(=O)NCCc2ccccc2)c1. The number of benzene rings is 1. The van der Waals surface area contributed by atoms with Gasteiger partial charge in [-0.2, -0.15) is 0 Å². The van der Waals surface area contributed by atoms with Gasteiger partial charge in [-0.1, -0.05) is 36.4 Å². The number of carbonyl (C=O) groups is 2. The molecule has 2 N–H and O–H groups in total. The van der Waals surface area contributed by atoms with Gasteiger partial charge in [0.2, 0.25) is 0 Å². The van der Waals surface area contributed by atoms with Crippen LogP contribution in [0.3, 0.4) is 0 Å². The minimum atomic E-state index is -0.281. The Hall–Kier alpha value is -2.95. The van der Waals surface area contributed by atoms with Crippen molar-refractivity contribution in [2.45, 2.75) is 6.42 Å².